The molecular formula is C19H30IN5O. The Labute approximate surface area is 173 Å². The van der Waals surface area contributed by atoms with Gasteiger partial charge in [-0.15, -0.1) is 24.0 Å². The van der Waals surface area contributed by atoms with Gasteiger partial charge in [0.1, 0.15) is 18.2 Å². The fourth-order valence-corrected chi connectivity index (χ4v) is 2.53. The zero-order valence-corrected chi connectivity index (χ0v) is 18.4. The Morgan fingerprint density at radius 1 is 1.31 bits per heavy atom. The highest BCUT2D eigenvalue weighted by Crippen LogP contribution is 2.08. The maximum atomic E-state index is 5.74. The normalized spacial score (nSPS) is 11.2. The van der Waals surface area contributed by atoms with E-state index >= 15 is 0 Å². The molecule has 7 heteroatoms. The number of rotatable bonds is 8. The largest absolute Gasteiger partial charge is 0.492 e. The molecule has 0 aliphatic rings. The number of nitrogens with one attached hydrogen (secondary N) is 1. The standard InChI is InChI=1S/C19H29N5O.HI/c1-16(2)15-24-11-10-21-18(24)14-22-19(20-3)23(4)12-13-25-17-8-6-5-7-9-17;/h5-11,16H,12-15H2,1-4H3,(H,20,22);1H. The van der Waals surface area contributed by atoms with Crippen molar-refractivity contribution in [2.45, 2.75) is 26.9 Å². The second-order valence-electron chi connectivity index (χ2n) is 6.37. The van der Waals surface area contributed by atoms with Crippen LogP contribution in [-0.4, -0.2) is 47.7 Å². The van der Waals surface area contributed by atoms with E-state index in [-0.39, 0.29) is 24.0 Å². The first kappa shape index (κ1) is 22.3. The highest BCUT2D eigenvalue weighted by Gasteiger charge is 2.09. The molecule has 0 atom stereocenters. The van der Waals surface area contributed by atoms with Crippen molar-refractivity contribution >= 4 is 29.9 Å². The molecule has 1 aromatic heterocycles. The number of hydrogen-bond acceptors (Lipinski definition) is 3. The third kappa shape index (κ3) is 7.23. The van der Waals surface area contributed by atoms with Gasteiger partial charge in [-0.05, 0) is 18.1 Å². The van der Waals surface area contributed by atoms with Crippen LogP contribution in [-0.2, 0) is 13.1 Å². The molecule has 0 aliphatic carbocycles. The molecule has 2 aromatic rings. The number of benzene rings is 1. The van der Waals surface area contributed by atoms with Gasteiger partial charge in [-0.2, -0.15) is 0 Å². The van der Waals surface area contributed by atoms with Crippen LogP contribution in [0.4, 0.5) is 0 Å². The molecule has 0 saturated carbocycles. The van der Waals surface area contributed by atoms with E-state index in [9.17, 15) is 0 Å². The van der Waals surface area contributed by atoms with Crippen LogP contribution in [0.5, 0.6) is 5.75 Å². The SMILES string of the molecule is CN=C(NCc1nccn1CC(C)C)N(C)CCOc1ccccc1.I. The van der Waals surface area contributed by atoms with Crippen LogP contribution in [0, 0.1) is 5.92 Å². The van der Waals surface area contributed by atoms with E-state index in [1.165, 1.54) is 0 Å². The van der Waals surface area contributed by atoms with Gasteiger partial charge >= 0.3 is 0 Å². The lowest BCUT2D eigenvalue weighted by atomic mass is 10.2. The summed E-state index contributed by atoms with van der Waals surface area (Å²) in [6, 6.07) is 9.84. The number of imidazole rings is 1. The zero-order valence-electron chi connectivity index (χ0n) is 16.1. The van der Waals surface area contributed by atoms with E-state index < -0.39 is 0 Å². The first-order valence-corrected chi connectivity index (χ1v) is 8.69. The minimum atomic E-state index is 0. The molecule has 1 aromatic carbocycles. The van der Waals surface area contributed by atoms with Gasteiger partial charge in [0.05, 0.1) is 13.1 Å². The Hall–Kier alpha value is -1.77. The van der Waals surface area contributed by atoms with Crippen molar-refractivity contribution in [3.63, 3.8) is 0 Å². The van der Waals surface area contributed by atoms with Gasteiger partial charge in [0.15, 0.2) is 5.96 Å². The molecule has 0 spiro atoms. The number of para-hydroxylation sites is 1. The molecular weight excluding hydrogens is 441 g/mol. The summed E-state index contributed by atoms with van der Waals surface area (Å²) < 4.78 is 7.93. The molecule has 0 radical (unpaired) electrons. The highest BCUT2D eigenvalue weighted by molar-refractivity contribution is 14.0. The molecule has 0 saturated heterocycles. The summed E-state index contributed by atoms with van der Waals surface area (Å²) in [7, 11) is 3.79. The van der Waals surface area contributed by atoms with Crippen LogP contribution in [0.2, 0.25) is 0 Å². The van der Waals surface area contributed by atoms with Gasteiger partial charge < -0.3 is 19.5 Å². The van der Waals surface area contributed by atoms with E-state index in [0.717, 1.165) is 30.6 Å². The van der Waals surface area contributed by atoms with Crippen molar-refractivity contribution in [2.24, 2.45) is 10.9 Å². The molecule has 0 aliphatic heterocycles. The second kappa shape index (κ2) is 11.8. The van der Waals surface area contributed by atoms with Gasteiger partial charge in [0.25, 0.3) is 0 Å². The van der Waals surface area contributed by atoms with Gasteiger partial charge in [0.2, 0.25) is 0 Å². The first-order valence-electron chi connectivity index (χ1n) is 8.69. The Balaban J connectivity index is 0.00000338. The average Bonchev–Trinajstić information content (AvgIpc) is 3.03. The topological polar surface area (TPSA) is 54.7 Å². The lowest BCUT2D eigenvalue weighted by molar-refractivity contribution is 0.281. The minimum absolute atomic E-state index is 0. The number of aliphatic imine (C=N–C) groups is 1. The molecule has 1 heterocycles. The Kier molecular flexibility index (Phi) is 10.1. The van der Waals surface area contributed by atoms with Crippen molar-refractivity contribution in [2.75, 3.05) is 27.2 Å². The molecule has 26 heavy (non-hydrogen) atoms. The maximum Gasteiger partial charge on any atom is 0.193 e. The van der Waals surface area contributed by atoms with E-state index in [0.29, 0.717) is 19.1 Å². The third-order valence-corrected chi connectivity index (χ3v) is 3.78. The van der Waals surface area contributed by atoms with Crippen molar-refractivity contribution in [3.8, 4) is 5.75 Å². The maximum absolute atomic E-state index is 5.74. The highest BCUT2D eigenvalue weighted by atomic mass is 127. The monoisotopic (exact) mass is 471 g/mol. The number of likely N-dealkylation sites (N-methyl/N-ethyl adjacent to an activating group) is 1. The lowest BCUT2D eigenvalue weighted by Gasteiger charge is -2.22. The Bertz CT molecular complexity index is 657. The van der Waals surface area contributed by atoms with Crippen LogP contribution in [0.3, 0.4) is 0 Å². The predicted molar refractivity (Wildman–Crippen MR) is 117 cm³/mol. The zero-order chi connectivity index (χ0) is 18.1. The number of nitrogens with zero attached hydrogens (tertiary/aromatic N) is 4. The fourth-order valence-electron chi connectivity index (χ4n) is 2.53. The summed E-state index contributed by atoms with van der Waals surface area (Å²) >= 11 is 0. The number of halogens is 1. The lowest BCUT2D eigenvalue weighted by Crippen LogP contribution is -2.40. The Morgan fingerprint density at radius 3 is 2.69 bits per heavy atom. The number of ether oxygens (including phenoxy) is 1. The van der Waals surface area contributed by atoms with Gasteiger partial charge in [0, 0.05) is 33.0 Å². The summed E-state index contributed by atoms with van der Waals surface area (Å²) in [6.45, 7) is 7.37. The third-order valence-electron chi connectivity index (χ3n) is 3.78. The summed E-state index contributed by atoms with van der Waals surface area (Å²) in [6.07, 6.45) is 3.87. The minimum Gasteiger partial charge on any atom is -0.492 e. The smallest absolute Gasteiger partial charge is 0.193 e. The summed E-state index contributed by atoms with van der Waals surface area (Å²) in [5.74, 6) is 3.32. The Morgan fingerprint density at radius 2 is 2.04 bits per heavy atom. The molecule has 6 nitrogen and oxygen atoms in total. The summed E-state index contributed by atoms with van der Waals surface area (Å²) in [4.78, 5) is 10.8. The van der Waals surface area contributed by atoms with Crippen LogP contribution < -0.4 is 10.1 Å². The van der Waals surface area contributed by atoms with Crippen LogP contribution >= 0.6 is 24.0 Å². The molecule has 0 unspecified atom stereocenters. The van der Waals surface area contributed by atoms with Crippen molar-refractivity contribution in [1.29, 1.82) is 0 Å². The number of aromatic nitrogens is 2. The average molecular weight is 471 g/mol. The molecule has 1 N–H and O–H groups in total. The number of guanidine groups is 1. The van der Waals surface area contributed by atoms with Gasteiger partial charge in [-0.25, -0.2) is 4.98 Å². The summed E-state index contributed by atoms with van der Waals surface area (Å²) in [5, 5.41) is 3.37. The number of hydrogen-bond donors (Lipinski definition) is 1. The quantitative estimate of drug-likeness (QED) is 0.365. The molecule has 2 rings (SSSR count). The van der Waals surface area contributed by atoms with Crippen LogP contribution in [0.25, 0.3) is 0 Å². The van der Waals surface area contributed by atoms with Crippen LogP contribution in [0.15, 0.2) is 47.7 Å². The molecule has 0 fully saturated rings. The molecule has 144 valence electrons. The van der Waals surface area contributed by atoms with Crippen molar-refractivity contribution < 1.29 is 4.74 Å². The predicted octanol–water partition coefficient (Wildman–Crippen LogP) is 3.24. The van der Waals surface area contributed by atoms with Gasteiger partial charge in [-0.1, -0.05) is 32.0 Å². The van der Waals surface area contributed by atoms with E-state index in [1.807, 2.05) is 49.8 Å². The molecule has 0 amide bonds. The van der Waals surface area contributed by atoms with Crippen molar-refractivity contribution in [1.82, 2.24) is 19.8 Å². The van der Waals surface area contributed by atoms with Gasteiger partial charge in [-0.3, -0.25) is 4.99 Å². The fraction of sp³-hybridized carbons (Fsp3) is 0.474. The second-order valence-corrected chi connectivity index (χ2v) is 6.37. The van der Waals surface area contributed by atoms with E-state index in [2.05, 4.69) is 38.6 Å². The van der Waals surface area contributed by atoms with E-state index in [4.69, 9.17) is 4.74 Å². The van der Waals surface area contributed by atoms with Crippen molar-refractivity contribution in [3.05, 3.63) is 48.5 Å². The molecule has 0 bridgehead atoms. The van der Waals surface area contributed by atoms with Crippen LogP contribution in [0.1, 0.15) is 19.7 Å². The summed E-state index contributed by atoms with van der Waals surface area (Å²) in [5.41, 5.74) is 0. The van der Waals surface area contributed by atoms with E-state index in [1.54, 1.807) is 7.05 Å². The first-order chi connectivity index (χ1) is 12.1.